The predicted molar refractivity (Wildman–Crippen MR) is 75.3 cm³/mol. The third kappa shape index (κ3) is 3.93. The smallest absolute Gasteiger partial charge is 0.309 e. The second-order valence-electron chi connectivity index (χ2n) is 6.08. The van der Waals surface area contributed by atoms with Crippen molar-refractivity contribution in [2.45, 2.75) is 37.8 Å². The highest BCUT2D eigenvalue weighted by molar-refractivity contribution is 6.35. The van der Waals surface area contributed by atoms with E-state index in [0.717, 1.165) is 32.0 Å². The van der Waals surface area contributed by atoms with E-state index in [4.69, 9.17) is 0 Å². The maximum absolute atomic E-state index is 12.0. The molecule has 0 atom stereocenters. The van der Waals surface area contributed by atoms with Gasteiger partial charge in [-0.05, 0) is 25.7 Å². The molecule has 21 heavy (non-hydrogen) atoms. The average molecular weight is 294 g/mol. The number of rotatable bonds is 4. The van der Waals surface area contributed by atoms with Crippen LogP contribution >= 0.6 is 0 Å². The van der Waals surface area contributed by atoms with Crippen LogP contribution in [0.3, 0.4) is 0 Å². The van der Waals surface area contributed by atoms with Gasteiger partial charge in [0.1, 0.15) is 0 Å². The molecular formula is C14H22N4O3. The van der Waals surface area contributed by atoms with Gasteiger partial charge >= 0.3 is 11.8 Å². The van der Waals surface area contributed by atoms with Gasteiger partial charge in [0.05, 0.1) is 6.54 Å². The zero-order valence-corrected chi connectivity index (χ0v) is 12.1. The van der Waals surface area contributed by atoms with Crippen LogP contribution in [-0.4, -0.2) is 72.3 Å². The molecule has 1 aliphatic heterocycles. The van der Waals surface area contributed by atoms with E-state index in [0.29, 0.717) is 13.1 Å². The lowest BCUT2D eigenvalue weighted by molar-refractivity contribution is -0.141. The predicted octanol–water partition coefficient (Wildman–Crippen LogP) is -1.31. The van der Waals surface area contributed by atoms with Crippen LogP contribution in [0.4, 0.5) is 0 Å². The third-order valence-corrected chi connectivity index (χ3v) is 4.25. The van der Waals surface area contributed by atoms with Crippen molar-refractivity contribution in [3.05, 3.63) is 0 Å². The Balaban J connectivity index is 1.35. The van der Waals surface area contributed by atoms with Crippen LogP contribution in [0.25, 0.3) is 0 Å². The lowest BCUT2D eigenvalue weighted by atomic mass is 10.3. The molecule has 0 radical (unpaired) electrons. The summed E-state index contributed by atoms with van der Waals surface area (Å²) in [6.45, 7) is 3.14. The molecule has 0 aromatic carbocycles. The van der Waals surface area contributed by atoms with Crippen molar-refractivity contribution in [3.63, 3.8) is 0 Å². The molecule has 7 heteroatoms. The Bertz CT molecular complexity index is 438. The molecule has 1 saturated heterocycles. The van der Waals surface area contributed by atoms with Gasteiger partial charge in [-0.3, -0.25) is 19.3 Å². The van der Waals surface area contributed by atoms with Crippen molar-refractivity contribution in [3.8, 4) is 0 Å². The van der Waals surface area contributed by atoms with Gasteiger partial charge in [0, 0.05) is 38.3 Å². The van der Waals surface area contributed by atoms with E-state index in [-0.39, 0.29) is 18.5 Å². The van der Waals surface area contributed by atoms with Crippen LogP contribution in [0, 0.1) is 0 Å². The fourth-order valence-corrected chi connectivity index (χ4v) is 2.60. The van der Waals surface area contributed by atoms with Crippen LogP contribution < -0.4 is 10.6 Å². The quantitative estimate of drug-likeness (QED) is 0.631. The van der Waals surface area contributed by atoms with Crippen molar-refractivity contribution < 1.29 is 14.4 Å². The topological polar surface area (TPSA) is 81.8 Å². The van der Waals surface area contributed by atoms with Gasteiger partial charge in [-0.1, -0.05) is 0 Å². The Morgan fingerprint density at radius 3 is 2.14 bits per heavy atom. The minimum Gasteiger partial charge on any atom is -0.345 e. The molecule has 0 bridgehead atoms. The van der Waals surface area contributed by atoms with E-state index >= 15 is 0 Å². The Labute approximate surface area is 124 Å². The van der Waals surface area contributed by atoms with Gasteiger partial charge in [-0.15, -0.1) is 0 Å². The van der Waals surface area contributed by atoms with Crippen molar-refractivity contribution in [2.24, 2.45) is 0 Å². The van der Waals surface area contributed by atoms with Crippen molar-refractivity contribution in [1.82, 2.24) is 20.4 Å². The number of amides is 3. The number of piperazine rings is 1. The minimum absolute atomic E-state index is 0.0969. The SMILES string of the molecule is O=C(NCC(=O)N1CCN(C2CC2)CC1)C(=O)NC1CC1. The Kier molecular flexibility index (Phi) is 4.10. The Hall–Kier alpha value is -1.63. The normalized spacial score (nSPS) is 22.8. The van der Waals surface area contributed by atoms with Gasteiger partial charge in [0.15, 0.2) is 0 Å². The van der Waals surface area contributed by atoms with Gasteiger partial charge in [-0.2, -0.15) is 0 Å². The van der Waals surface area contributed by atoms with Crippen molar-refractivity contribution in [1.29, 1.82) is 0 Å². The first-order chi connectivity index (χ1) is 10.1. The largest absolute Gasteiger partial charge is 0.345 e. The molecule has 0 aromatic heterocycles. The maximum atomic E-state index is 12.0. The summed E-state index contributed by atoms with van der Waals surface area (Å²) in [6.07, 6.45) is 4.42. The molecule has 0 spiro atoms. The van der Waals surface area contributed by atoms with Crippen LogP contribution in [-0.2, 0) is 14.4 Å². The highest BCUT2D eigenvalue weighted by atomic mass is 16.2. The first kappa shape index (κ1) is 14.3. The lowest BCUT2D eigenvalue weighted by Gasteiger charge is -2.34. The summed E-state index contributed by atoms with van der Waals surface area (Å²) in [7, 11) is 0. The molecule has 116 valence electrons. The summed E-state index contributed by atoms with van der Waals surface area (Å²) >= 11 is 0. The standard InChI is InChI=1S/C14H22N4O3/c19-12(9-15-13(20)14(21)16-10-1-2-10)18-7-5-17(6-8-18)11-3-4-11/h10-11H,1-9H2,(H,15,20)(H,16,21). The highest BCUT2D eigenvalue weighted by Gasteiger charge is 2.32. The number of hydrogen-bond donors (Lipinski definition) is 2. The monoisotopic (exact) mass is 294 g/mol. The van der Waals surface area contributed by atoms with Crippen LogP contribution in [0.5, 0.6) is 0 Å². The third-order valence-electron chi connectivity index (χ3n) is 4.25. The molecular weight excluding hydrogens is 272 g/mol. The number of carbonyl (C=O) groups is 3. The van der Waals surface area contributed by atoms with E-state index in [1.165, 1.54) is 12.8 Å². The number of nitrogens with zero attached hydrogens (tertiary/aromatic N) is 2. The number of carbonyl (C=O) groups excluding carboxylic acids is 3. The maximum Gasteiger partial charge on any atom is 0.309 e. The number of hydrogen-bond acceptors (Lipinski definition) is 4. The summed E-state index contributed by atoms with van der Waals surface area (Å²) in [5, 5.41) is 5.00. The zero-order chi connectivity index (χ0) is 14.8. The Morgan fingerprint density at radius 2 is 1.57 bits per heavy atom. The molecule has 3 fully saturated rings. The first-order valence-corrected chi connectivity index (χ1v) is 7.74. The molecule has 3 aliphatic rings. The van der Waals surface area contributed by atoms with E-state index in [2.05, 4.69) is 15.5 Å². The fourth-order valence-electron chi connectivity index (χ4n) is 2.60. The van der Waals surface area contributed by atoms with Gasteiger partial charge in [0.25, 0.3) is 0 Å². The van der Waals surface area contributed by atoms with E-state index in [9.17, 15) is 14.4 Å². The van der Waals surface area contributed by atoms with Crippen LogP contribution in [0.15, 0.2) is 0 Å². The van der Waals surface area contributed by atoms with E-state index in [1.807, 2.05) is 0 Å². The molecule has 7 nitrogen and oxygen atoms in total. The van der Waals surface area contributed by atoms with E-state index in [1.54, 1.807) is 4.90 Å². The molecule has 1 heterocycles. The molecule has 2 saturated carbocycles. The molecule has 0 unspecified atom stereocenters. The fraction of sp³-hybridized carbons (Fsp3) is 0.786. The Morgan fingerprint density at radius 1 is 0.905 bits per heavy atom. The van der Waals surface area contributed by atoms with Crippen molar-refractivity contribution >= 4 is 17.7 Å². The second kappa shape index (κ2) is 6.01. The van der Waals surface area contributed by atoms with E-state index < -0.39 is 11.8 Å². The van der Waals surface area contributed by atoms with Crippen LogP contribution in [0.2, 0.25) is 0 Å². The van der Waals surface area contributed by atoms with Gasteiger partial charge < -0.3 is 15.5 Å². The molecule has 3 rings (SSSR count). The summed E-state index contributed by atoms with van der Waals surface area (Å²) in [4.78, 5) is 39.2. The van der Waals surface area contributed by atoms with Crippen LogP contribution in [0.1, 0.15) is 25.7 Å². The number of nitrogens with one attached hydrogen (secondary N) is 2. The summed E-state index contributed by atoms with van der Waals surface area (Å²) in [5.41, 5.74) is 0. The van der Waals surface area contributed by atoms with Gasteiger partial charge in [0.2, 0.25) is 5.91 Å². The van der Waals surface area contributed by atoms with Crippen molar-refractivity contribution in [2.75, 3.05) is 32.7 Å². The average Bonchev–Trinajstić information content (AvgIpc) is 3.37. The second-order valence-corrected chi connectivity index (χ2v) is 6.08. The lowest BCUT2D eigenvalue weighted by Crippen LogP contribution is -2.52. The summed E-state index contributed by atoms with van der Waals surface area (Å²) in [6, 6.07) is 0.877. The zero-order valence-electron chi connectivity index (χ0n) is 12.1. The summed E-state index contributed by atoms with van der Waals surface area (Å²) < 4.78 is 0. The minimum atomic E-state index is -0.716. The summed E-state index contributed by atoms with van der Waals surface area (Å²) in [5.74, 6) is -1.46. The van der Waals surface area contributed by atoms with Gasteiger partial charge in [-0.25, -0.2) is 0 Å². The molecule has 0 aromatic rings. The molecule has 2 N–H and O–H groups in total. The highest BCUT2D eigenvalue weighted by Crippen LogP contribution is 2.27. The first-order valence-electron chi connectivity index (χ1n) is 7.74. The molecule has 3 amide bonds. The molecule has 2 aliphatic carbocycles.